The van der Waals surface area contributed by atoms with Gasteiger partial charge in [-0.15, -0.1) is 0 Å². The highest BCUT2D eigenvalue weighted by atomic mass is 16.5. The number of aryl methyl sites for hydroxylation is 2. The SMILES string of the molecule is Cc1cc2ncnn2cc1Nc1ncc2c(n1)c(N1CC(C)OC(C)C1)cc(=O)n2C. The molecule has 4 aromatic rings. The van der Waals surface area contributed by atoms with Crippen LogP contribution in [0.3, 0.4) is 0 Å². The molecule has 4 aromatic heterocycles. The van der Waals surface area contributed by atoms with E-state index in [1.807, 2.05) is 33.0 Å². The summed E-state index contributed by atoms with van der Waals surface area (Å²) in [6.07, 6.45) is 5.20. The summed E-state index contributed by atoms with van der Waals surface area (Å²) in [5.74, 6) is 0.448. The Morgan fingerprint density at radius 2 is 1.94 bits per heavy atom. The molecule has 2 unspecified atom stereocenters. The lowest BCUT2D eigenvalue weighted by atomic mass is 10.2. The van der Waals surface area contributed by atoms with Crippen LogP contribution in [0.15, 0.2) is 35.6 Å². The van der Waals surface area contributed by atoms with E-state index in [9.17, 15) is 4.79 Å². The molecule has 1 N–H and O–H groups in total. The third-order valence-electron chi connectivity index (χ3n) is 5.59. The van der Waals surface area contributed by atoms with Gasteiger partial charge in [-0.05, 0) is 32.4 Å². The minimum atomic E-state index is -0.0916. The van der Waals surface area contributed by atoms with E-state index in [1.54, 1.807) is 28.4 Å². The summed E-state index contributed by atoms with van der Waals surface area (Å²) < 4.78 is 9.13. The maximum absolute atomic E-state index is 12.6. The van der Waals surface area contributed by atoms with E-state index < -0.39 is 0 Å². The quantitative estimate of drug-likeness (QED) is 0.537. The third kappa shape index (κ3) is 3.48. The van der Waals surface area contributed by atoms with Crippen LogP contribution in [0.25, 0.3) is 16.7 Å². The van der Waals surface area contributed by atoms with Crippen LogP contribution in [0.4, 0.5) is 17.3 Å². The van der Waals surface area contributed by atoms with Gasteiger partial charge in [0.15, 0.2) is 5.65 Å². The molecule has 10 nitrogen and oxygen atoms in total. The topological polar surface area (TPSA) is 102 Å². The first-order valence-corrected chi connectivity index (χ1v) is 10.2. The van der Waals surface area contributed by atoms with Gasteiger partial charge < -0.3 is 19.5 Å². The maximum Gasteiger partial charge on any atom is 0.252 e. The highest BCUT2D eigenvalue weighted by Crippen LogP contribution is 2.28. The predicted octanol–water partition coefficient (Wildman–Crippen LogP) is 2.04. The van der Waals surface area contributed by atoms with Gasteiger partial charge in [-0.2, -0.15) is 5.10 Å². The van der Waals surface area contributed by atoms with Crippen molar-refractivity contribution >= 4 is 34.0 Å². The molecule has 5 heterocycles. The van der Waals surface area contributed by atoms with E-state index in [1.165, 1.54) is 6.33 Å². The molecular formula is C21H24N8O2. The molecule has 31 heavy (non-hydrogen) atoms. The number of ether oxygens (including phenoxy) is 1. The molecule has 1 saturated heterocycles. The molecule has 0 saturated carbocycles. The molecule has 10 heteroatoms. The van der Waals surface area contributed by atoms with Crippen LogP contribution in [-0.2, 0) is 11.8 Å². The second-order valence-corrected chi connectivity index (χ2v) is 8.07. The van der Waals surface area contributed by atoms with Gasteiger partial charge in [0.25, 0.3) is 5.56 Å². The van der Waals surface area contributed by atoms with Crippen LogP contribution in [0.1, 0.15) is 19.4 Å². The van der Waals surface area contributed by atoms with E-state index in [-0.39, 0.29) is 17.8 Å². The zero-order valence-corrected chi connectivity index (χ0v) is 17.9. The molecule has 0 bridgehead atoms. The normalized spacial score (nSPS) is 19.3. The van der Waals surface area contributed by atoms with E-state index in [0.717, 1.165) is 28.1 Å². The van der Waals surface area contributed by atoms with Crippen molar-refractivity contribution in [3.8, 4) is 0 Å². The van der Waals surface area contributed by atoms with Gasteiger partial charge in [0.2, 0.25) is 5.95 Å². The fourth-order valence-electron chi connectivity index (χ4n) is 4.09. The lowest BCUT2D eigenvalue weighted by Crippen LogP contribution is -2.46. The van der Waals surface area contributed by atoms with Crippen molar-refractivity contribution in [2.45, 2.75) is 33.0 Å². The van der Waals surface area contributed by atoms with Gasteiger partial charge in [-0.1, -0.05) is 0 Å². The van der Waals surface area contributed by atoms with Gasteiger partial charge in [0.05, 0.1) is 41.5 Å². The van der Waals surface area contributed by atoms with Crippen LogP contribution < -0.4 is 15.8 Å². The molecule has 1 aliphatic heterocycles. The summed E-state index contributed by atoms with van der Waals surface area (Å²) >= 11 is 0. The van der Waals surface area contributed by atoms with Crippen molar-refractivity contribution in [1.29, 1.82) is 0 Å². The Hall–Kier alpha value is -3.53. The fraction of sp³-hybridized carbons (Fsp3) is 0.381. The Kier molecular flexibility index (Phi) is 4.58. The summed E-state index contributed by atoms with van der Waals surface area (Å²) in [5, 5.41) is 7.48. The van der Waals surface area contributed by atoms with Crippen LogP contribution >= 0.6 is 0 Å². The number of rotatable bonds is 3. The molecule has 0 amide bonds. The Morgan fingerprint density at radius 1 is 1.16 bits per heavy atom. The van der Waals surface area contributed by atoms with Crippen molar-refractivity contribution in [2.24, 2.45) is 7.05 Å². The summed E-state index contributed by atoms with van der Waals surface area (Å²) in [6.45, 7) is 7.46. The van der Waals surface area contributed by atoms with Crippen molar-refractivity contribution in [2.75, 3.05) is 23.3 Å². The second kappa shape index (κ2) is 7.31. The van der Waals surface area contributed by atoms with Gasteiger partial charge in [-0.25, -0.2) is 19.5 Å². The van der Waals surface area contributed by atoms with Gasteiger partial charge >= 0.3 is 0 Å². The Balaban J connectivity index is 1.60. The van der Waals surface area contributed by atoms with E-state index in [4.69, 9.17) is 9.72 Å². The lowest BCUT2D eigenvalue weighted by Gasteiger charge is -2.37. The number of hydrogen-bond acceptors (Lipinski definition) is 8. The smallest absolute Gasteiger partial charge is 0.252 e. The monoisotopic (exact) mass is 420 g/mol. The third-order valence-corrected chi connectivity index (χ3v) is 5.59. The molecule has 1 aliphatic rings. The number of pyridine rings is 2. The largest absolute Gasteiger partial charge is 0.372 e. The number of hydrogen-bond donors (Lipinski definition) is 1. The fourth-order valence-corrected chi connectivity index (χ4v) is 4.09. The van der Waals surface area contributed by atoms with Crippen molar-refractivity contribution < 1.29 is 4.74 Å². The maximum atomic E-state index is 12.6. The summed E-state index contributed by atoms with van der Waals surface area (Å²) in [4.78, 5) is 28.2. The molecule has 160 valence electrons. The number of aromatic nitrogens is 6. The average Bonchev–Trinajstić information content (AvgIpc) is 3.17. The summed E-state index contributed by atoms with van der Waals surface area (Å²) in [7, 11) is 1.73. The van der Waals surface area contributed by atoms with Crippen LogP contribution in [0, 0.1) is 6.92 Å². The molecule has 5 rings (SSSR count). The van der Waals surface area contributed by atoms with Gasteiger partial charge in [-0.3, -0.25) is 4.79 Å². The number of anilines is 3. The zero-order valence-electron chi connectivity index (χ0n) is 17.9. The number of morpholine rings is 1. The first kappa shape index (κ1) is 19.4. The Labute approximate surface area is 178 Å². The molecule has 0 aromatic carbocycles. The molecule has 0 aliphatic carbocycles. The summed E-state index contributed by atoms with van der Waals surface area (Å²) in [6, 6.07) is 3.60. The summed E-state index contributed by atoms with van der Waals surface area (Å²) in [5.41, 5.74) is 4.72. The molecule has 0 radical (unpaired) electrons. The average molecular weight is 420 g/mol. The first-order chi connectivity index (χ1) is 14.9. The van der Waals surface area contributed by atoms with Crippen LogP contribution in [0.5, 0.6) is 0 Å². The van der Waals surface area contributed by atoms with Crippen molar-refractivity contribution in [1.82, 2.24) is 29.1 Å². The number of nitrogens with one attached hydrogen (secondary N) is 1. The molecule has 0 spiro atoms. The standard InChI is InChI=1S/C21H24N8O2/c1-12-5-18-23-11-24-29(18)10-15(12)25-21-22-7-17-20(26-21)16(6-19(30)27(17)4)28-8-13(2)31-14(3)9-28/h5-7,10-11,13-14H,8-9H2,1-4H3,(H,22,25,26). The predicted molar refractivity (Wildman–Crippen MR) is 118 cm³/mol. The Bertz CT molecular complexity index is 1330. The Morgan fingerprint density at radius 3 is 2.71 bits per heavy atom. The minimum absolute atomic E-state index is 0.0688. The van der Waals surface area contributed by atoms with E-state index in [2.05, 4.69) is 25.3 Å². The lowest BCUT2D eigenvalue weighted by molar-refractivity contribution is -0.00515. The van der Waals surface area contributed by atoms with Crippen LogP contribution in [-0.4, -0.2) is 54.4 Å². The highest BCUT2D eigenvalue weighted by Gasteiger charge is 2.25. The number of nitrogens with zero attached hydrogens (tertiary/aromatic N) is 7. The highest BCUT2D eigenvalue weighted by molar-refractivity contribution is 5.89. The molecule has 2 atom stereocenters. The van der Waals surface area contributed by atoms with Crippen molar-refractivity contribution in [3.05, 3.63) is 46.8 Å². The minimum Gasteiger partial charge on any atom is -0.372 e. The van der Waals surface area contributed by atoms with Crippen LogP contribution in [0.2, 0.25) is 0 Å². The zero-order chi connectivity index (χ0) is 21.7. The van der Waals surface area contributed by atoms with E-state index in [0.29, 0.717) is 24.6 Å². The van der Waals surface area contributed by atoms with Gasteiger partial charge in [0.1, 0.15) is 11.8 Å². The number of fused-ring (bicyclic) bond motifs is 2. The van der Waals surface area contributed by atoms with Crippen molar-refractivity contribution in [3.63, 3.8) is 0 Å². The molecular weight excluding hydrogens is 396 g/mol. The van der Waals surface area contributed by atoms with E-state index >= 15 is 0 Å². The van der Waals surface area contributed by atoms with Gasteiger partial charge in [0, 0.05) is 26.2 Å². The molecule has 1 fully saturated rings. The second-order valence-electron chi connectivity index (χ2n) is 8.07. The first-order valence-electron chi connectivity index (χ1n) is 10.2.